The Morgan fingerprint density at radius 2 is 2.03 bits per heavy atom. The maximum Gasteiger partial charge on any atom is 0.419 e. The van der Waals surface area contributed by atoms with E-state index in [9.17, 15) is 31.9 Å². The van der Waals surface area contributed by atoms with Gasteiger partial charge < -0.3 is 20.6 Å². The molecule has 3 N–H and O–H groups in total. The molecule has 0 spiro atoms. The molecule has 36 heavy (non-hydrogen) atoms. The molecule has 15 heteroatoms. The Morgan fingerprint density at radius 1 is 1.31 bits per heavy atom. The first-order chi connectivity index (χ1) is 16.8. The predicted molar refractivity (Wildman–Crippen MR) is 114 cm³/mol. The van der Waals surface area contributed by atoms with E-state index in [1.807, 2.05) is 0 Å². The number of hydroxylamine groups is 2. The summed E-state index contributed by atoms with van der Waals surface area (Å²) in [6, 6.07) is 1.00. The molecular weight excluding hydrogens is 492 g/mol. The summed E-state index contributed by atoms with van der Waals surface area (Å²) in [7, 11) is 1.37. The van der Waals surface area contributed by atoms with Crippen molar-refractivity contribution in [2.45, 2.75) is 44.8 Å². The number of carbonyl (C=O) groups is 3. The highest BCUT2D eigenvalue weighted by Crippen LogP contribution is 2.34. The molecule has 4 rings (SSSR count). The summed E-state index contributed by atoms with van der Waals surface area (Å²) in [5.41, 5.74) is -0.562. The van der Waals surface area contributed by atoms with Gasteiger partial charge in [-0.25, -0.2) is 19.0 Å². The largest absolute Gasteiger partial charge is 0.465 e. The van der Waals surface area contributed by atoms with Crippen LogP contribution in [-0.2, 0) is 30.5 Å². The van der Waals surface area contributed by atoms with Crippen LogP contribution in [0.25, 0.3) is 0 Å². The van der Waals surface area contributed by atoms with Crippen LogP contribution < -0.4 is 10.6 Å². The van der Waals surface area contributed by atoms with Crippen LogP contribution in [0.3, 0.4) is 0 Å². The van der Waals surface area contributed by atoms with Gasteiger partial charge in [0.1, 0.15) is 17.6 Å². The van der Waals surface area contributed by atoms with Crippen molar-refractivity contribution in [3.63, 3.8) is 0 Å². The third-order valence-electron chi connectivity index (χ3n) is 5.92. The number of aromatic nitrogens is 2. The summed E-state index contributed by atoms with van der Waals surface area (Å²) in [5.74, 6) is -2.01. The van der Waals surface area contributed by atoms with E-state index in [0.29, 0.717) is 23.4 Å². The van der Waals surface area contributed by atoms with Crippen molar-refractivity contribution in [1.29, 1.82) is 0 Å². The number of hydrogen-bond donors (Lipinski definition) is 3. The van der Waals surface area contributed by atoms with Gasteiger partial charge in [0.25, 0.3) is 5.91 Å². The molecule has 0 saturated heterocycles. The normalized spacial score (nSPS) is 19.9. The molecular formula is C21H22F4N6O5. The van der Waals surface area contributed by atoms with Crippen LogP contribution >= 0.6 is 0 Å². The highest BCUT2D eigenvalue weighted by atomic mass is 19.4. The van der Waals surface area contributed by atoms with Crippen LogP contribution in [0.1, 0.15) is 34.2 Å². The van der Waals surface area contributed by atoms with E-state index in [1.54, 1.807) is 6.92 Å². The molecule has 2 aliphatic rings. The van der Waals surface area contributed by atoms with Crippen molar-refractivity contribution in [2.24, 2.45) is 0 Å². The second-order valence-electron chi connectivity index (χ2n) is 8.48. The van der Waals surface area contributed by atoms with E-state index in [-0.39, 0.29) is 37.4 Å². The second kappa shape index (κ2) is 9.29. The van der Waals surface area contributed by atoms with Crippen LogP contribution in [-0.4, -0.2) is 68.6 Å². The molecule has 0 unspecified atom stereocenters. The lowest BCUT2D eigenvalue weighted by Crippen LogP contribution is -2.45. The third-order valence-corrected chi connectivity index (χ3v) is 5.92. The number of urea groups is 1. The third kappa shape index (κ3) is 4.91. The van der Waals surface area contributed by atoms with Gasteiger partial charge in [-0.2, -0.15) is 18.3 Å². The highest BCUT2D eigenvalue weighted by molar-refractivity contribution is 5.94. The van der Waals surface area contributed by atoms with Gasteiger partial charge >= 0.3 is 18.3 Å². The summed E-state index contributed by atoms with van der Waals surface area (Å²) >= 11 is 0. The minimum Gasteiger partial charge on any atom is -0.465 e. The number of alkyl halides is 3. The molecule has 0 radical (unpaired) electrons. The molecule has 4 amide bonds. The predicted octanol–water partition coefficient (Wildman–Crippen LogP) is 2.67. The number of rotatable bonds is 3. The Morgan fingerprint density at radius 3 is 2.69 bits per heavy atom. The Labute approximate surface area is 201 Å². The molecule has 11 nitrogen and oxygen atoms in total. The number of amides is 4. The SMILES string of the molecule is C[C@@H]1Cc2nn3c(c2CN1C(=O)Nc1ccc(F)c(C(F)(F)F)c1)C(=O)N(C)O[C@@H](CNC(=O)O)C3. The van der Waals surface area contributed by atoms with Gasteiger partial charge in [-0.05, 0) is 25.1 Å². The van der Waals surface area contributed by atoms with Crippen molar-refractivity contribution >= 4 is 23.7 Å². The lowest BCUT2D eigenvalue weighted by Gasteiger charge is -2.33. The first-order valence-corrected chi connectivity index (χ1v) is 10.8. The summed E-state index contributed by atoms with van der Waals surface area (Å²) in [4.78, 5) is 43.7. The zero-order valence-electron chi connectivity index (χ0n) is 19.1. The van der Waals surface area contributed by atoms with Crippen LogP contribution in [0.2, 0.25) is 0 Å². The summed E-state index contributed by atoms with van der Waals surface area (Å²) < 4.78 is 54.1. The molecule has 2 aromatic rings. The van der Waals surface area contributed by atoms with Gasteiger partial charge in [0, 0.05) is 30.8 Å². The summed E-state index contributed by atoms with van der Waals surface area (Å²) in [6.45, 7) is 1.62. The number of carbonyl (C=O) groups excluding carboxylic acids is 2. The number of anilines is 1. The van der Waals surface area contributed by atoms with Crippen molar-refractivity contribution in [3.8, 4) is 0 Å². The Balaban J connectivity index is 1.58. The quantitative estimate of drug-likeness (QED) is 0.541. The molecule has 1 aromatic heterocycles. The molecule has 0 fully saturated rings. The number of fused-ring (bicyclic) bond motifs is 3. The van der Waals surface area contributed by atoms with Crippen LogP contribution in [0.5, 0.6) is 0 Å². The number of nitrogens with zero attached hydrogens (tertiary/aromatic N) is 4. The topological polar surface area (TPSA) is 129 Å². The van der Waals surface area contributed by atoms with Crippen LogP contribution in [0, 0.1) is 5.82 Å². The number of halogens is 4. The number of benzene rings is 1. The zero-order chi connectivity index (χ0) is 26.4. The first-order valence-electron chi connectivity index (χ1n) is 10.8. The lowest BCUT2D eigenvalue weighted by molar-refractivity contribution is -0.146. The van der Waals surface area contributed by atoms with Gasteiger partial charge in [-0.3, -0.25) is 14.3 Å². The van der Waals surface area contributed by atoms with Crippen LogP contribution in [0.4, 0.5) is 32.8 Å². The van der Waals surface area contributed by atoms with Gasteiger partial charge in [0.2, 0.25) is 0 Å². The standard InChI is InChI=1S/C21H22F4N6O5/c1-10-5-16-13(17-18(32)29(2)36-12(7-26-20(34)35)8-31(17)28-16)9-30(10)19(33)27-11-3-4-15(22)14(6-11)21(23,24)25/h3-4,6,10,12,26H,5,7-9H2,1-2H3,(H,27,33)(H,34,35)/t10-,12+/m1/s1. The molecule has 1 aromatic carbocycles. The van der Waals surface area contributed by atoms with Gasteiger partial charge in [0.15, 0.2) is 0 Å². The fourth-order valence-electron chi connectivity index (χ4n) is 4.20. The van der Waals surface area contributed by atoms with E-state index >= 15 is 0 Å². The van der Waals surface area contributed by atoms with Crippen LogP contribution in [0.15, 0.2) is 18.2 Å². The van der Waals surface area contributed by atoms with Gasteiger partial charge in [0.05, 0.1) is 30.9 Å². The fraction of sp³-hybridized carbons (Fsp3) is 0.429. The molecule has 3 heterocycles. The van der Waals surface area contributed by atoms with E-state index in [0.717, 1.165) is 11.1 Å². The van der Waals surface area contributed by atoms with Gasteiger partial charge in [-0.1, -0.05) is 0 Å². The Kier molecular flexibility index (Phi) is 6.51. The van der Waals surface area contributed by atoms with Crippen molar-refractivity contribution < 1.29 is 41.9 Å². The fourth-order valence-corrected chi connectivity index (χ4v) is 4.20. The van der Waals surface area contributed by atoms with E-state index in [1.165, 1.54) is 16.6 Å². The monoisotopic (exact) mass is 514 g/mol. The first kappa shape index (κ1) is 25.2. The maximum atomic E-state index is 13.6. The molecule has 2 atom stereocenters. The Bertz CT molecular complexity index is 1220. The molecule has 0 bridgehead atoms. The van der Waals surface area contributed by atoms with Gasteiger partial charge in [-0.15, -0.1) is 0 Å². The minimum atomic E-state index is -4.93. The molecule has 2 aliphatic heterocycles. The average Bonchev–Trinajstić information content (AvgIpc) is 3.07. The minimum absolute atomic E-state index is 0.0646. The second-order valence-corrected chi connectivity index (χ2v) is 8.48. The van der Waals surface area contributed by atoms with Crippen molar-refractivity contribution in [2.75, 3.05) is 18.9 Å². The Hall–Kier alpha value is -3.88. The number of hydrogen-bond acceptors (Lipinski definition) is 5. The number of carboxylic acid groups (broad SMARTS) is 1. The van der Waals surface area contributed by atoms with Crippen molar-refractivity contribution in [1.82, 2.24) is 25.1 Å². The maximum absolute atomic E-state index is 13.6. The van der Waals surface area contributed by atoms with E-state index in [4.69, 9.17) is 9.94 Å². The van der Waals surface area contributed by atoms with Crippen molar-refractivity contribution in [3.05, 3.63) is 46.5 Å². The number of nitrogens with one attached hydrogen (secondary N) is 2. The molecule has 0 aliphatic carbocycles. The smallest absolute Gasteiger partial charge is 0.419 e. The van der Waals surface area contributed by atoms with E-state index in [2.05, 4.69) is 15.7 Å². The highest BCUT2D eigenvalue weighted by Gasteiger charge is 2.38. The molecule has 194 valence electrons. The average molecular weight is 514 g/mol. The van der Waals surface area contributed by atoms with E-state index < -0.39 is 47.7 Å². The zero-order valence-corrected chi connectivity index (χ0v) is 19.1. The summed E-state index contributed by atoms with van der Waals surface area (Å²) in [5, 5.41) is 18.9. The molecule has 0 saturated carbocycles. The lowest BCUT2D eigenvalue weighted by atomic mass is 9.99. The summed E-state index contributed by atoms with van der Waals surface area (Å²) in [6.07, 6.45) is -6.65.